The minimum Gasteiger partial charge on any atom is -0.480 e. The summed E-state index contributed by atoms with van der Waals surface area (Å²) in [6, 6.07) is -1.09. The number of hydrogen-bond donors (Lipinski definition) is 2. The van der Waals surface area contributed by atoms with Crippen molar-refractivity contribution in [1.82, 2.24) is 5.32 Å². The van der Waals surface area contributed by atoms with E-state index in [-0.39, 0.29) is 31.0 Å². The number of aliphatic carboxylic acids is 1. The van der Waals surface area contributed by atoms with Crippen molar-refractivity contribution in [3.05, 3.63) is 0 Å². The molecule has 1 amide bonds. The van der Waals surface area contributed by atoms with E-state index in [9.17, 15) is 14.4 Å². The second-order valence-corrected chi connectivity index (χ2v) is 2.91. The molecule has 1 atom stereocenters. The van der Waals surface area contributed by atoms with Crippen LogP contribution in [0.2, 0.25) is 0 Å². The van der Waals surface area contributed by atoms with Gasteiger partial charge in [0.2, 0.25) is 5.91 Å². The van der Waals surface area contributed by atoms with Crippen LogP contribution in [0, 0.1) is 0 Å². The van der Waals surface area contributed by atoms with Gasteiger partial charge < -0.3 is 10.4 Å². The molecule has 0 saturated carbocycles. The first-order chi connectivity index (χ1) is 6.51. The summed E-state index contributed by atoms with van der Waals surface area (Å²) >= 11 is 0. The van der Waals surface area contributed by atoms with Crippen molar-refractivity contribution in [3.63, 3.8) is 0 Å². The van der Waals surface area contributed by atoms with Gasteiger partial charge in [0.25, 0.3) is 0 Å². The standard InChI is InChI=1S/C9H15NO4/c1-3-6(11)5-7(9(13)14)10-8(12)4-2/h7H,3-5H2,1-2H3,(H,10,12)(H,13,14). The molecule has 0 fully saturated rings. The number of carboxylic acid groups (broad SMARTS) is 1. The van der Waals surface area contributed by atoms with Crippen molar-refractivity contribution in [2.45, 2.75) is 39.2 Å². The number of carbonyl (C=O) groups excluding carboxylic acids is 2. The maximum Gasteiger partial charge on any atom is 0.326 e. The zero-order valence-electron chi connectivity index (χ0n) is 8.37. The Labute approximate surface area is 82.5 Å². The molecule has 0 aliphatic rings. The van der Waals surface area contributed by atoms with Gasteiger partial charge in [-0.2, -0.15) is 0 Å². The van der Waals surface area contributed by atoms with E-state index in [1.54, 1.807) is 13.8 Å². The number of hydrogen-bond acceptors (Lipinski definition) is 3. The van der Waals surface area contributed by atoms with Crippen LogP contribution >= 0.6 is 0 Å². The van der Waals surface area contributed by atoms with Gasteiger partial charge in [-0.3, -0.25) is 9.59 Å². The Morgan fingerprint density at radius 2 is 1.79 bits per heavy atom. The SMILES string of the molecule is CCC(=O)CC(NC(=O)CC)C(=O)O. The predicted octanol–water partition coefficient (Wildman–Crippen LogP) is 0.335. The number of nitrogens with one attached hydrogen (secondary N) is 1. The Balaban J connectivity index is 4.23. The van der Waals surface area contributed by atoms with Crippen LogP contribution in [0.15, 0.2) is 0 Å². The molecule has 0 heterocycles. The summed E-state index contributed by atoms with van der Waals surface area (Å²) in [6.45, 7) is 3.28. The molecule has 5 heteroatoms. The maximum atomic E-state index is 11.0. The van der Waals surface area contributed by atoms with Crippen LogP contribution in [-0.2, 0) is 14.4 Å². The average molecular weight is 201 g/mol. The molecule has 0 saturated heterocycles. The molecule has 0 aliphatic heterocycles. The third-order valence-corrected chi connectivity index (χ3v) is 1.78. The molecule has 0 aromatic heterocycles. The molecule has 0 bridgehead atoms. The average Bonchev–Trinajstić information content (AvgIpc) is 2.16. The van der Waals surface area contributed by atoms with E-state index in [2.05, 4.69) is 5.32 Å². The molecule has 0 spiro atoms. The fourth-order valence-electron chi connectivity index (χ4n) is 0.868. The van der Waals surface area contributed by atoms with Crippen molar-refractivity contribution in [2.24, 2.45) is 0 Å². The first-order valence-corrected chi connectivity index (χ1v) is 4.55. The van der Waals surface area contributed by atoms with E-state index in [1.807, 2.05) is 0 Å². The summed E-state index contributed by atoms with van der Waals surface area (Å²) < 4.78 is 0. The molecule has 0 aliphatic carbocycles. The Hall–Kier alpha value is -1.39. The maximum absolute atomic E-state index is 11.0. The van der Waals surface area contributed by atoms with E-state index < -0.39 is 12.0 Å². The van der Waals surface area contributed by atoms with E-state index in [0.29, 0.717) is 0 Å². The van der Waals surface area contributed by atoms with E-state index >= 15 is 0 Å². The third-order valence-electron chi connectivity index (χ3n) is 1.78. The van der Waals surface area contributed by atoms with Crippen LogP contribution < -0.4 is 5.32 Å². The largest absolute Gasteiger partial charge is 0.480 e. The summed E-state index contributed by atoms with van der Waals surface area (Å²) in [4.78, 5) is 32.5. The zero-order chi connectivity index (χ0) is 11.1. The molecule has 0 aromatic carbocycles. The number of rotatable bonds is 6. The van der Waals surface area contributed by atoms with Gasteiger partial charge in [-0.25, -0.2) is 4.79 Å². The monoisotopic (exact) mass is 201 g/mol. The highest BCUT2D eigenvalue weighted by Crippen LogP contribution is 1.97. The lowest BCUT2D eigenvalue weighted by Gasteiger charge is -2.12. The molecule has 0 radical (unpaired) electrons. The summed E-state index contributed by atoms with van der Waals surface area (Å²) in [7, 11) is 0. The normalized spacial score (nSPS) is 11.9. The number of Topliss-reactive ketones (excluding diaryl/α,β-unsaturated/α-hetero) is 1. The Morgan fingerprint density at radius 1 is 1.21 bits per heavy atom. The van der Waals surface area contributed by atoms with Gasteiger partial charge in [-0.15, -0.1) is 0 Å². The number of amides is 1. The van der Waals surface area contributed by atoms with Gasteiger partial charge in [-0.1, -0.05) is 13.8 Å². The number of carboxylic acids is 1. The smallest absolute Gasteiger partial charge is 0.326 e. The van der Waals surface area contributed by atoms with Crippen molar-refractivity contribution < 1.29 is 19.5 Å². The lowest BCUT2D eigenvalue weighted by atomic mass is 10.1. The first-order valence-electron chi connectivity index (χ1n) is 4.55. The minimum absolute atomic E-state index is 0.141. The highest BCUT2D eigenvalue weighted by atomic mass is 16.4. The lowest BCUT2D eigenvalue weighted by Crippen LogP contribution is -2.41. The van der Waals surface area contributed by atoms with Crippen molar-refractivity contribution in [1.29, 1.82) is 0 Å². The predicted molar refractivity (Wildman–Crippen MR) is 49.8 cm³/mol. The van der Waals surface area contributed by atoms with Gasteiger partial charge >= 0.3 is 5.97 Å². The van der Waals surface area contributed by atoms with E-state index in [0.717, 1.165) is 0 Å². The highest BCUT2D eigenvalue weighted by molar-refractivity contribution is 5.89. The molecule has 2 N–H and O–H groups in total. The fraction of sp³-hybridized carbons (Fsp3) is 0.667. The molecule has 1 unspecified atom stereocenters. The minimum atomic E-state index is -1.17. The van der Waals surface area contributed by atoms with Gasteiger partial charge in [-0.05, 0) is 0 Å². The van der Waals surface area contributed by atoms with Crippen molar-refractivity contribution in [3.8, 4) is 0 Å². The topological polar surface area (TPSA) is 83.5 Å². The van der Waals surface area contributed by atoms with Gasteiger partial charge in [0, 0.05) is 19.3 Å². The molecular weight excluding hydrogens is 186 g/mol. The molecule has 80 valence electrons. The van der Waals surface area contributed by atoms with Crippen LogP contribution in [0.1, 0.15) is 33.1 Å². The van der Waals surface area contributed by atoms with Crippen LogP contribution in [0.5, 0.6) is 0 Å². The van der Waals surface area contributed by atoms with Crippen LogP contribution in [0.25, 0.3) is 0 Å². The molecular formula is C9H15NO4. The molecule has 5 nitrogen and oxygen atoms in total. The molecule has 14 heavy (non-hydrogen) atoms. The van der Waals surface area contributed by atoms with Gasteiger partial charge in [0.05, 0.1) is 0 Å². The first kappa shape index (κ1) is 12.6. The van der Waals surface area contributed by atoms with E-state index in [1.165, 1.54) is 0 Å². The molecule has 0 rings (SSSR count). The van der Waals surface area contributed by atoms with Crippen molar-refractivity contribution >= 4 is 17.7 Å². The summed E-state index contributed by atoms with van der Waals surface area (Å²) in [5.41, 5.74) is 0. The molecule has 0 aromatic rings. The second kappa shape index (κ2) is 6.12. The van der Waals surface area contributed by atoms with E-state index in [4.69, 9.17) is 5.11 Å². The lowest BCUT2D eigenvalue weighted by molar-refractivity contribution is -0.143. The number of carbonyl (C=O) groups is 3. The van der Waals surface area contributed by atoms with Crippen molar-refractivity contribution in [2.75, 3.05) is 0 Å². The fourth-order valence-corrected chi connectivity index (χ4v) is 0.868. The van der Waals surface area contributed by atoms with Crippen LogP contribution in [0.4, 0.5) is 0 Å². The summed E-state index contributed by atoms with van der Waals surface area (Å²) in [5.74, 6) is -1.70. The third kappa shape index (κ3) is 4.59. The summed E-state index contributed by atoms with van der Waals surface area (Å²) in [6.07, 6.45) is 0.355. The number of ketones is 1. The Morgan fingerprint density at radius 3 is 2.14 bits per heavy atom. The Bertz CT molecular complexity index is 219. The zero-order valence-corrected chi connectivity index (χ0v) is 8.37. The van der Waals surface area contributed by atoms with Gasteiger partial charge in [0.1, 0.15) is 11.8 Å². The van der Waals surface area contributed by atoms with Crippen LogP contribution in [0.3, 0.4) is 0 Å². The Kier molecular flexibility index (Phi) is 5.52. The van der Waals surface area contributed by atoms with Gasteiger partial charge in [0.15, 0.2) is 0 Å². The van der Waals surface area contributed by atoms with Crippen LogP contribution in [-0.4, -0.2) is 28.8 Å². The quantitative estimate of drug-likeness (QED) is 0.648. The summed E-state index contributed by atoms with van der Waals surface area (Å²) in [5, 5.41) is 11.0. The second-order valence-electron chi connectivity index (χ2n) is 2.91. The highest BCUT2D eigenvalue weighted by Gasteiger charge is 2.21.